The molecule has 0 amide bonds. The topological polar surface area (TPSA) is 60.7 Å². The third kappa shape index (κ3) is 3.65. The highest BCUT2D eigenvalue weighted by Crippen LogP contribution is 2.67. The number of hydrogen-bond acceptors (Lipinski definition) is 3. The Hall–Kier alpha value is -0.970. The first-order chi connectivity index (χ1) is 15.2. The van der Waals surface area contributed by atoms with Crippen molar-refractivity contribution in [2.24, 2.45) is 40.4 Å². The molecule has 0 spiro atoms. The monoisotopic (exact) mass is 444 g/mol. The van der Waals surface area contributed by atoms with Crippen LogP contribution in [0.1, 0.15) is 77.2 Å². The molecular weight excluding hydrogens is 403 g/mol. The molecule has 10 atom stereocenters. The van der Waals surface area contributed by atoms with Crippen LogP contribution in [0.4, 0.5) is 4.39 Å². The van der Waals surface area contributed by atoms with Crippen molar-refractivity contribution in [3.63, 3.8) is 0 Å². The van der Waals surface area contributed by atoms with Gasteiger partial charge in [-0.2, -0.15) is 0 Å². The molecular formula is C28H41FO3. The number of hydrogen-bond donors (Lipinski definition) is 3. The van der Waals surface area contributed by atoms with E-state index in [2.05, 4.69) is 13.8 Å². The van der Waals surface area contributed by atoms with Crippen LogP contribution in [0, 0.1) is 46.2 Å². The van der Waals surface area contributed by atoms with E-state index in [-0.39, 0.29) is 23.3 Å². The van der Waals surface area contributed by atoms with E-state index >= 15 is 0 Å². The summed E-state index contributed by atoms with van der Waals surface area (Å²) in [6.45, 7) is 4.90. The Morgan fingerprint density at radius 2 is 1.59 bits per heavy atom. The molecule has 0 heterocycles. The lowest BCUT2D eigenvalue weighted by Crippen LogP contribution is -2.55. The predicted octanol–water partition coefficient (Wildman–Crippen LogP) is 5.11. The zero-order valence-electron chi connectivity index (χ0n) is 19.7. The van der Waals surface area contributed by atoms with Crippen molar-refractivity contribution in [2.75, 3.05) is 0 Å². The molecule has 0 aliphatic heterocycles. The van der Waals surface area contributed by atoms with Crippen LogP contribution in [0.2, 0.25) is 0 Å². The molecule has 4 unspecified atom stereocenters. The number of aliphatic hydroxyl groups is 3. The van der Waals surface area contributed by atoms with Crippen LogP contribution in [-0.4, -0.2) is 33.6 Å². The minimum absolute atomic E-state index is 0.0851. The first-order valence-electron chi connectivity index (χ1n) is 13.0. The largest absolute Gasteiger partial charge is 0.393 e. The van der Waals surface area contributed by atoms with Gasteiger partial charge in [-0.15, -0.1) is 0 Å². The van der Waals surface area contributed by atoms with E-state index in [1.54, 1.807) is 12.1 Å². The third-order valence-corrected chi connectivity index (χ3v) is 10.9. The van der Waals surface area contributed by atoms with E-state index in [1.807, 2.05) is 0 Å². The lowest BCUT2D eigenvalue weighted by Gasteiger charge is -2.61. The lowest BCUT2D eigenvalue weighted by molar-refractivity contribution is -0.139. The number of benzene rings is 1. The Kier molecular flexibility index (Phi) is 5.96. The van der Waals surface area contributed by atoms with Gasteiger partial charge in [0, 0.05) is 6.42 Å². The third-order valence-electron chi connectivity index (χ3n) is 10.9. The first-order valence-corrected chi connectivity index (χ1v) is 13.0. The van der Waals surface area contributed by atoms with Crippen molar-refractivity contribution in [2.45, 2.75) is 96.4 Å². The minimum Gasteiger partial charge on any atom is -0.393 e. The van der Waals surface area contributed by atoms with E-state index in [1.165, 1.54) is 31.4 Å². The SMILES string of the molecule is C[C@]12CC[C@H](O)CC1CC[C@@H]1C2CC[C@@]2(C)C1CCC2[C@H](O)[C@H](O)Cc1ccc(F)cc1. The Balaban J connectivity index is 1.31. The molecule has 0 saturated heterocycles. The van der Waals surface area contributed by atoms with Crippen LogP contribution in [0.25, 0.3) is 0 Å². The zero-order chi connectivity index (χ0) is 22.7. The molecule has 32 heavy (non-hydrogen) atoms. The summed E-state index contributed by atoms with van der Waals surface area (Å²) < 4.78 is 13.2. The minimum atomic E-state index is -0.813. The highest BCUT2D eigenvalue weighted by atomic mass is 19.1. The summed E-state index contributed by atoms with van der Waals surface area (Å²) in [5, 5.41) is 32.4. The summed E-state index contributed by atoms with van der Waals surface area (Å²) >= 11 is 0. The maximum Gasteiger partial charge on any atom is 0.123 e. The van der Waals surface area contributed by atoms with Gasteiger partial charge in [-0.1, -0.05) is 26.0 Å². The van der Waals surface area contributed by atoms with Gasteiger partial charge in [0.2, 0.25) is 0 Å². The first kappa shape index (κ1) is 22.8. The van der Waals surface area contributed by atoms with Crippen molar-refractivity contribution in [1.29, 1.82) is 0 Å². The average molecular weight is 445 g/mol. The van der Waals surface area contributed by atoms with Crippen LogP contribution in [-0.2, 0) is 6.42 Å². The second-order valence-corrected chi connectivity index (χ2v) is 12.2. The van der Waals surface area contributed by atoms with Gasteiger partial charge in [-0.05, 0) is 116 Å². The second kappa shape index (κ2) is 8.36. The van der Waals surface area contributed by atoms with Crippen LogP contribution < -0.4 is 0 Å². The van der Waals surface area contributed by atoms with Gasteiger partial charge in [-0.3, -0.25) is 0 Å². The summed E-state index contributed by atoms with van der Waals surface area (Å²) in [5.74, 6) is 2.61. The second-order valence-electron chi connectivity index (χ2n) is 12.2. The smallest absolute Gasteiger partial charge is 0.123 e. The number of fused-ring (bicyclic) bond motifs is 5. The Labute approximate surface area is 192 Å². The van der Waals surface area contributed by atoms with Crippen molar-refractivity contribution >= 4 is 0 Å². The van der Waals surface area contributed by atoms with Crippen molar-refractivity contribution in [3.05, 3.63) is 35.6 Å². The fourth-order valence-electron chi connectivity index (χ4n) is 9.09. The molecule has 0 bridgehead atoms. The highest BCUT2D eigenvalue weighted by molar-refractivity contribution is 5.18. The summed E-state index contributed by atoms with van der Waals surface area (Å²) in [7, 11) is 0. The maximum absolute atomic E-state index is 13.2. The number of rotatable bonds is 4. The lowest BCUT2D eigenvalue weighted by atomic mass is 9.44. The van der Waals surface area contributed by atoms with Gasteiger partial charge in [-0.25, -0.2) is 4.39 Å². The normalized spacial score (nSPS) is 45.4. The molecule has 4 aliphatic carbocycles. The van der Waals surface area contributed by atoms with Crippen LogP contribution in [0.15, 0.2) is 24.3 Å². The molecule has 3 nitrogen and oxygen atoms in total. The summed E-state index contributed by atoms with van der Waals surface area (Å²) in [4.78, 5) is 0. The van der Waals surface area contributed by atoms with Gasteiger partial charge in [0.05, 0.1) is 18.3 Å². The molecule has 1 aromatic carbocycles. The van der Waals surface area contributed by atoms with Crippen LogP contribution in [0.3, 0.4) is 0 Å². The van der Waals surface area contributed by atoms with Crippen LogP contribution in [0.5, 0.6) is 0 Å². The van der Waals surface area contributed by atoms with Crippen molar-refractivity contribution in [3.8, 4) is 0 Å². The van der Waals surface area contributed by atoms with Gasteiger partial charge in [0.15, 0.2) is 0 Å². The molecule has 4 heteroatoms. The standard InChI is InChI=1S/C28H41FO3/c1-27-13-11-20(30)16-18(27)5-8-21-22-9-10-24(28(22,2)14-12-23(21)27)26(32)25(31)15-17-3-6-19(29)7-4-17/h3-4,6-7,18,20-26,30-32H,5,8-16H2,1-2H3/t18?,20-,21-,22?,23?,24?,25+,26-,27-,28-/m0/s1. The summed E-state index contributed by atoms with van der Waals surface area (Å²) in [5.41, 5.74) is 1.32. The van der Waals surface area contributed by atoms with Gasteiger partial charge < -0.3 is 15.3 Å². The number of halogens is 1. The quantitative estimate of drug-likeness (QED) is 0.605. The predicted molar refractivity (Wildman–Crippen MR) is 123 cm³/mol. The Morgan fingerprint density at radius 1 is 0.906 bits per heavy atom. The summed E-state index contributed by atoms with van der Waals surface area (Å²) in [6, 6.07) is 6.25. The van der Waals surface area contributed by atoms with Gasteiger partial charge in [0.1, 0.15) is 5.82 Å². The van der Waals surface area contributed by atoms with Crippen LogP contribution >= 0.6 is 0 Å². The molecule has 5 rings (SSSR count). The van der Waals surface area contributed by atoms with Crippen molar-refractivity contribution in [1.82, 2.24) is 0 Å². The van der Waals surface area contributed by atoms with E-state index in [4.69, 9.17) is 0 Å². The maximum atomic E-state index is 13.2. The number of aliphatic hydroxyl groups excluding tert-OH is 3. The molecule has 4 aliphatic rings. The molecule has 4 fully saturated rings. The average Bonchev–Trinajstić information content (AvgIpc) is 3.12. The molecule has 3 N–H and O–H groups in total. The Morgan fingerprint density at radius 3 is 2.34 bits per heavy atom. The fourth-order valence-corrected chi connectivity index (χ4v) is 9.09. The molecule has 1 aromatic rings. The summed E-state index contributed by atoms with van der Waals surface area (Å²) in [6.07, 6.45) is 8.82. The highest BCUT2D eigenvalue weighted by Gasteiger charge is 2.61. The van der Waals surface area contributed by atoms with E-state index in [9.17, 15) is 19.7 Å². The van der Waals surface area contributed by atoms with E-state index in [0.29, 0.717) is 23.7 Å². The van der Waals surface area contributed by atoms with Gasteiger partial charge in [0.25, 0.3) is 0 Å². The molecule has 0 aromatic heterocycles. The Bertz CT molecular complexity index is 811. The fraction of sp³-hybridized carbons (Fsp3) is 0.786. The molecule has 178 valence electrons. The van der Waals surface area contributed by atoms with E-state index < -0.39 is 12.2 Å². The van der Waals surface area contributed by atoms with Gasteiger partial charge >= 0.3 is 0 Å². The molecule has 4 saturated carbocycles. The molecule has 0 radical (unpaired) electrons. The van der Waals surface area contributed by atoms with E-state index in [0.717, 1.165) is 55.9 Å². The zero-order valence-corrected chi connectivity index (χ0v) is 19.7. The van der Waals surface area contributed by atoms with Crippen molar-refractivity contribution < 1.29 is 19.7 Å².